The summed E-state index contributed by atoms with van der Waals surface area (Å²) in [5.41, 5.74) is 11.9. The van der Waals surface area contributed by atoms with Gasteiger partial charge in [0.1, 0.15) is 0 Å². The molecule has 23 heavy (non-hydrogen) atoms. The standard InChI is InChI=1S/C15H23N3O3S.ClH/c1-11-5-6-12(9-13(11)14(16)19)22(20,21)18-10-15(17)7-3-2-4-8-15;/h5-6,9,18H,2-4,7-8,10,17H2,1H3,(H2,16,19);1H. The average molecular weight is 362 g/mol. The molecule has 0 unspecified atom stereocenters. The van der Waals surface area contributed by atoms with Crippen molar-refractivity contribution in [2.45, 2.75) is 49.5 Å². The Balaban J connectivity index is 0.00000264. The molecular formula is C15H24ClN3O3S. The number of amides is 1. The van der Waals surface area contributed by atoms with Crippen molar-refractivity contribution in [2.75, 3.05) is 6.54 Å². The summed E-state index contributed by atoms with van der Waals surface area (Å²) >= 11 is 0. The molecule has 0 heterocycles. The molecule has 0 spiro atoms. The summed E-state index contributed by atoms with van der Waals surface area (Å²) in [4.78, 5) is 11.4. The zero-order valence-corrected chi connectivity index (χ0v) is 14.8. The van der Waals surface area contributed by atoms with Gasteiger partial charge in [0.25, 0.3) is 0 Å². The molecule has 0 bridgehead atoms. The van der Waals surface area contributed by atoms with Crippen LogP contribution in [0.15, 0.2) is 23.1 Å². The van der Waals surface area contributed by atoms with Crippen molar-refractivity contribution in [3.63, 3.8) is 0 Å². The molecule has 1 aromatic rings. The molecule has 0 aliphatic heterocycles. The molecular weight excluding hydrogens is 338 g/mol. The number of sulfonamides is 1. The van der Waals surface area contributed by atoms with E-state index in [-0.39, 0.29) is 29.4 Å². The number of carbonyl (C=O) groups is 1. The van der Waals surface area contributed by atoms with Crippen molar-refractivity contribution >= 4 is 28.3 Å². The maximum Gasteiger partial charge on any atom is 0.249 e. The van der Waals surface area contributed by atoms with Gasteiger partial charge in [0, 0.05) is 17.6 Å². The predicted molar refractivity (Wildman–Crippen MR) is 92.1 cm³/mol. The predicted octanol–water partition coefficient (Wildman–Crippen LogP) is 1.46. The van der Waals surface area contributed by atoms with E-state index < -0.39 is 21.5 Å². The first kappa shape index (κ1) is 19.9. The highest BCUT2D eigenvalue weighted by Crippen LogP contribution is 2.25. The van der Waals surface area contributed by atoms with Crippen molar-refractivity contribution in [1.29, 1.82) is 0 Å². The lowest BCUT2D eigenvalue weighted by atomic mass is 9.83. The normalized spacial score (nSPS) is 17.3. The van der Waals surface area contributed by atoms with Gasteiger partial charge in [0.15, 0.2) is 0 Å². The smallest absolute Gasteiger partial charge is 0.249 e. The molecule has 1 aromatic carbocycles. The van der Waals surface area contributed by atoms with Crippen LogP contribution in [0.2, 0.25) is 0 Å². The molecule has 6 nitrogen and oxygen atoms in total. The van der Waals surface area contributed by atoms with Gasteiger partial charge in [-0.15, -0.1) is 12.4 Å². The van der Waals surface area contributed by atoms with E-state index in [1.54, 1.807) is 13.0 Å². The molecule has 0 saturated heterocycles. The van der Waals surface area contributed by atoms with Crippen LogP contribution in [-0.4, -0.2) is 26.4 Å². The molecule has 1 fully saturated rings. The van der Waals surface area contributed by atoms with Crippen LogP contribution in [0.25, 0.3) is 0 Å². The second kappa shape index (κ2) is 7.61. The van der Waals surface area contributed by atoms with Gasteiger partial charge in [0.2, 0.25) is 15.9 Å². The largest absolute Gasteiger partial charge is 0.366 e. The fraction of sp³-hybridized carbons (Fsp3) is 0.533. The Morgan fingerprint density at radius 1 is 1.26 bits per heavy atom. The topological polar surface area (TPSA) is 115 Å². The van der Waals surface area contributed by atoms with Gasteiger partial charge in [-0.05, 0) is 37.5 Å². The van der Waals surface area contributed by atoms with Gasteiger partial charge in [0.05, 0.1) is 4.90 Å². The second-order valence-electron chi connectivity index (χ2n) is 6.09. The first-order valence-corrected chi connectivity index (χ1v) is 8.91. The first-order valence-electron chi connectivity index (χ1n) is 7.43. The minimum atomic E-state index is -3.71. The molecule has 1 amide bonds. The quantitative estimate of drug-likeness (QED) is 0.736. The van der Waals surface area contributed by atoms with Crippen molar-refractivity contribution in [1.82, 2.24) is 4.72 Å². The highest BCUT2D eigenvalue weighted by molar-refractivity contribution is 7.89. The number of nitrogens with one attached hydrogen (secondary N) is 1. The minimum Gasteiger partial charge on any atom is -0.366 e. The minimum absolute atomic E-state index is 0. The zero-order valence-electron chi connectivity index (χ0n) is 13.2. The van der Waals surface area contributed by atoms with Gasteiger partial charge < -0.3 is 11.5 Å². The SMILES string of the molecule is Cc1ccc(S(=O)(=O)NCC2(N)CCCCC2)cc1C(N)=O.Cl. The van der Waals surface area contributed by atoms with Crippen molar-refractivity contribution in [2.24, 2.45) is 11.5 Å². The summed E-state index contributed by atoms with van der Waals surface area (Å²) in [7, 11) is -3.71. The van der Waals surface area contributed by atoms with E-state index in [9.17, 15) is 13.2 Å². The molecule has 130 valence electrons. The van der Waals surface area contributed by atoms with E-state index in [0.29, 0.717) is 5.56 Å². The van der Waals surface area contributed by atoms with Crippen molar-refractivity contribution in [3.8, 4) is 0 Å². The fourth-order valence-corrected chi connectivity index (χ4v) is 3.95. The third-order valence-corrected chi connectivity index (χ3v) is 5.65. The number of rotatable bonds is 5. The molecule has 0 atom stereocenters. The Labute approximate surface area is 143 Å². The number of hydrogen-bond acceptors (Lipinski definition) is 4. The lowest BCUT2D eigenvalue weighted by Gasteiger charge is -2.33. The number of halogens is 1. The third kappa shape index (κ3) is 4.91. The number of hydrogen-bond donors (Lipinski definition) is 3. The lowest BCUT2D eigenvalue weighted by Crippen LogP contribution is -2.51. The molecule has 1 aliphatic rings. The van der Waals surface area contributed by atoms with Crippen LogP contribution in [0.3, 0.4) is 0 Å². The summed E-state index contributed by atoms with van der Waals surface area (Å²) in [6, 6.07) is 4.35. The van der Waals surface area contributed by atoms with E-state index >= 15 is 0 Å². The van der Waals surface area contributed by atoms with Crippen LogP contribution in [0, 0.1) is 6.92 Å². The summed E-state index contributed by atoms with van der Waals surface area (Å²) in [5.74, 6) is -0.642. The maximum absolute atomic E-state index is 12.4. The number of primary amides is 1. The van der Waals surface area contributed by atoms with E-state index in [1.165, 1.54) is 12.1 Å². The van der Waals surface area contributed by atoms with Crippen molar-refractivity contribution < 1.29 is 13.2 Å². The zero-order chi connectivity index (χ0) is 16.4. The lowest BCUT2D eigenvalue weighted by molar-refractivity contribution is 0.0999. The van der Waals surface area contributed by atoms with Gasteiger partial charge in [-0.2, -0.15) is 0 Å². The average Bonchev–Trinajstić information content (AvgIpc) is 2.46. The molecule has 8 heteroatoms. The number of nitrogens with two attached hydrogens (primary N) is 2. The van der Waals surface area contributed by atoms with Crippen molar-refractivity contribution in [3.05, 3.63) is 29.3 Å². The molecule has 1 saturated carbocycles. The molecule has 0 aromatic heterocycles. The monoisotopic (exact) mass is 361 g/mol. The van der Waals surface area contributed by atoms with Crippen LogP contribution in [0.5, 0.6) is 0 Å². The molecule has 1 aliphatic carbocycles. The van der Waals surface area contributed by atoms with Gasteiger partial charge in [-0.25, -0.2) is 13.1 Å². The van der Waals surface area contributed by atoms with Gasteiger partial charge in [-0.1, -0.05) is 25.3 Å². The Morgan fingerprint density at radius 3 is 2.43 bits per heavy atom. The summed E-state index contributed by atoms with van der Waals surface area (Å²) in [6.07, 6.45) is 4.82. The van der Waals surface area contributed by atoms with Gasteiger partial charge >= 0.3 is 0 Å². The molecule has 2 rings (SSSR count). The Morgan fingerprint density at radius 2 is 1.87 bits per heavy atom. The number of aryl methyl sites for hydroxylation is 1. The molecule has 0 radical (unpaired) electrons. The van der Waals surface area contributed by atoms with Crippen LogP contribution in [0.4, 0.5) is 0 Å². The second-order valence-corrected chi connectivity index (χ2v) is 7.86. The number of benzene rings is 1. The molecule has 5 N–H and O–H groups in total. The third-order valence-electron chi connectivity index (χ3n) is 4.25. The number of carbonyl (C=O) groups excluding carboxylic acids is 1. The highest BCUT2D eigenvalue weighted by atomic mass is 35.5. The van der Waals surface area contributed by atoms with E-state index in [2.05, 4.69) is 4.72 Å². The van der Waals surface area contributed by atoms with E-state index in [1.807, 2.05) is 0 Å². The fourth-order valence-electron chi connectivity index (χ4n) is 2.79. The first-order chi connectivity index (χ1) is 10.2. The van der Waals surface area contributed by atoms with Crippen LogP contribution in [-0.2, 0) is 10.0 Å². The van der Waals surface area contributed by atoms with Gasteiger partial charge in [-0.3, -0.25) is 4.79 Å². The summed E-state index contributed by atoms with van der Waals surface area (Å²) in [6.45, 7) is 1.91. The highest BCUT2D eigenvalue weighted by Gasteiger charge is 2.29. The Kier molecular flexibility index (Phi) is 6.59. The summed E-state index contributed by atoms with van der Waals surface area (Å²) in [5, 5.41) is 0. The maximum atomic E-state index is 12.4. The van der Waals surface area contributed by atoms with E-state index in [0.717, 1.165) is 32.1 Å². The van der Waals surface area contributed by atoms with E-state index in [4.69, 9.17) is 11.5 Å². The summed E-state index contributed by atoms with van der Waals surface area (Å²) < 4.78 is 27.3. The van der Waals surface area contributed by atoms with Crippen LogP contribution in [0.1, 0.15) is 48.0 Å². The Hall–Kier alpha value is -1.15. The van der Waals surface area contributed by atoms with Crippen LogP contribution < -0.4 is 16.2 Å². The van der Waals surface area contributed by atoms with Crippen LogP contribution >= 0.6 is 12.4 Å². The Bertz CT molecular complexity index is 671.